The summed E-state index contributed by atoms with van der Waals surface area (Å²) in [7, 11) is 0. The Morgan fingerprint density at radius 1 is 1.43 bits per heavy atom. The Balaban J connectivity index is 1.93. The minimum absolute atomic E-state index is 0.0207. The molecule has 21 heavy (non-hydrogen) atoms. The highest BCUT2D eigenvalue weighted by atomic mass is 16.3. The van der Waals surface area contributed by atoms with E-state index in [4.69, 9.17) is 5.11 Å². The molecule has 0 aliphatic carbocycles. The van der Waals surface area contributed by atoms with E-state index in [0.29, 0.717) is 13.1 Å². The summed E-state index contributed by atoms with van der Waals surface area (Å²) in [5.74, 6) is 0.236. The van der Waals surface area contributed by atoms with Crippen molar-refractivity contribution in [3.05, 3.63) is 35.4 Å². The summed E-state index contributed by atoms with van der Waals surface area (Å²) in [5, 5.41) is 12.2. The Morgan fingerprint density at radius 3 is 2.76 bits per heavy atom. The molecule has 2 N–H and O–H groups in total. The van der Waals surface area contributed by atoms with Gasteiger partial charge in [-0.05, 0) is 24.5 Å². The standard InChI is InChI=1S/C17H26N2O2/c1-13-6-4-5-7-15(13)17(2,3)12-18-16(21)19-9-8-14(10-19)11-20/h4-7,14,20H,8-12H2,1-3H3,(H,18,21). The second kappa shape index (κ2) is 6.48. The van der Waals surface area contributed by atoms with Gasteiger partial charge in [-0.3, -0.25) is 0 Å². The third-order valence-corrected chi connectivity index (χ3v) is 4.39. The van der Waals surface area contributed by atoms with Crippen LogP contribution in [0.2, 0.25) is 0 Å². The van der Waals surface area contributed by atoms with Crippen LogP contribution in [0.5, 0.6) is 0 Å². The number of nitrogens with zero attached hydrogens (tertiary/aromatic N) is 1. The number of urea groups is 1. The summed E-state index contributed by atoms with van der Waals surface area (Å²) in [4.78, 5) is 14.0. The lowest BCUT2D eigenvalue weighted by Gasteiger charge is -2.28. The number of benzene rings is 1. The monoisotopic (exact) mass is 290 g/mol. The van der Waals surface area contributed by atoms with E-state index in [-0.39, 0.29) is 24.0 Å². The van der Waals surface area contributed by atoms with Crippen molar-refractivity contribution in [1.29, 1.82) is 0 Å². The Morgan fingerprint density at radius 2 is 2.14 bits per heavy atom. The normalized spacial score (nSPS) is 18.9. The van der Waals surface area contributed by atoms with Gasteiger partial charge >= 0.3 is 6.03 Å². The summed E-state index contributed by atoms with van der Waals surface area (Å²) in [6.45, 7) is 8.57. The largest absolute Gasteiger partial charge is 0.396 e. The number of amides is 2. The third-order valence-electron chi connectivity index (χ3n) is 4.39. The number of aliphatic hydroxyl groups excluding tert-OH is 1. The van der Waals surface area contributed by atoms with Gasteiger partial charge in [0, 0.05) is 37.6 Å². The van der Waals surface area contributed by atoms with Gasteiger partial charge in [0.15, 0.2) is 0 Å². The summed E-state index contributed by atoms with van der Waals surface area (Å²) in [6, 6.07) is 8.28. The number of hydrogen-bond donors (Lipinski definition) is 2. The third kappa shape index (κ3) is 3.76. The van der Waals surface area contributed by atoms with Gasteiger partial charge in [-0.25, -0.2) is 4.79 Å². The molecule has 1 atom stereocenters. The smallest absolute Gasteiger partial charge is 0.317 e. The Hall–Kier alpha value is -1.55. The quantitative estimate of drug-likeness (QED) is 0.894. The van der Waals surface area contributed by atoms with Gasteiger partial charge in [0.25, 0.3) is 0 Å². The molecule has 1 unspecified atom stereocenters. The minimum atomic E-state index is -0.100. The molecule has 1 aliphatic heterocycles. The fraction of sp³-hybridized carbons (Fsp3) is 0.588. The van der Waals surface area contributed by atoms with Crippen molar-refractivity contribution in [2.45, 2.75) is 32.6 Å². The van der Waals surface area contributed by atoms with Crippen LogP contribution in [0.25, 0.3) is 0 Å². The fourth-order valence-electron chi connectivity index (χ4n) is 3.00. The predicted molar refractivity (Wildman–Crippen MR) is 84.4 cm³/mol. The molecule has 0 spiro atoms. The van der Waals surface area contributed by atoms with E-state index in [1.54, 1.807) is 4.90 Å². The highest BCUT2D eigenvalue weighted by Crippen LogP contribution is 2.25. The topological polar surface area (TPSA) is 52.6 Å². The number of aryl methyl sites for hydroxylation is 1. The molecule has 0 bridgehead atoms. The second-order valence-corrected chi connectivity index (χ2v) is 6.64. The molecule has 1 aromatic carbocycles. The average Bonchev–Trinajstić information content (AvgIpc) is 2.94. The highest BCUT2D eigenvalue weighted by Gasteiger charge is 2.28. The van der Waals surface area contributed by atoms with Crippen molar-refractivity contribution in [2.75, 3.05) is 26.2 Å². The zero-order valence-electron chi connectivity index (χ0n) is 13.2. The SMILES string of the molecule is Cc1ccccc1C(C)(C)CNC(=O)N1CCC(CO)C1. The van der Waals surface area contributed by atoms with Crippen molar-refractivity contribution in [1.82, 2.24) is 10.2 Å². The maximum Gasteiger partial charge on any atom is 0.317 e. The zero-order valence-corrected chi connectivity index (χ0v) is 13.2. The van der Waals surface area contributed by atoms with E-state index in [9.17, 15) is 4.79 Å². The Labute approximate surface area is 127 Å². The summed E-state index contributed by atoms with van der Waals surface area (Å²) in [6.07, 6.45) is 0.894. The Kier molecular flexibility index (Phi) is 4.88. The van der Waals surface area contributed by atoms with Crippen LogP contribution < -0.4 is 5.32 Å². The van der Waals surface area contributed by atoms with Crippen molar-refractivity contribution in [2.24, 2.45) is 5.92 Å². The first kappa shape index (κ1) is 15.8. The minimum Gasteiger partial charge on any atom is -0.396 e. The molecule has 1 aliphatic rings. The van der Waals surface area contributed by atoms with Crippen LogP contribution in [-0.4, -0.2) is 42.3 Å². The van der Waals surface area contributed by atoms with Crippen LogP contribution >= 0.6 is 0 Å². The molecule has 0 aromatic heterocycles. The predicted octanol–water partition coefficient (Wildman–Crippen LogP) is 2.30. The lowest BCUT2D eigenvalue weighted by molar-refractivity contribution is 0.196. The van der Waals surface area contributed by atoms with Crippen molar-refractivity contribution in [3.63, 3.8) is 0 Å². The molecule has 0 saturated carbocycles. The average molecular weight is 290 g/mol. The van der Waals surface area contributed by atoms with Crippen LogP contribution in [0.4, 0.5) is 4.79 Å². The zero-order chi connectivity index (χ0) is 15.5. The maximum atomic E-state index is 12.2. The molecule has 1 aromatic rings. The molecule has 1 saturated heterocycles. The summed E-state index contributed by atoms with van der Waals surface area (Å²) < 4.78 is 0. The number of nitrogens with one attached hydrogen (secondary N) is 1. The molecule has 1 fully saturated rings. The molecular formula is C17H26N2O2. The number of carbonyl (C=O) groups is 1. The van der Waals surface area contributed by atoms with Gasteiger partial charge in [-0.1, -0.05) is 38.1 Å². The number of hydrogen-bond acceptors (Lipinski definition) is 2. The number of aliphatic hydroxyl groups is 1. The summed E-state index contributed by atoms with van der Waals surface area (Å²) >= 11 is 0. The summed E-state index contributed by atoms with van der Waals surface area (Å²) in [5.41, 5.74) is 2.41. The van der Waals surface area contributed by atoms with E-state index in [2.05, 4.69) is 38.2 Å². The van der Waals surface area contributed by atoms with Gasteiger partial charge in [-0.2, -0.15) is 0 Å². The molecule has 4 nitrogen and oxygen atoms in total. The van der Waals surface area contributed by atoms with E-state index in [0.717, 1.165) is 13.0 Å². The van der Waals surface area contributed by atoms with Crippen LogP contribution in [0.15, 0.2) is 24.3 Å². The van der Waals surface area contributed by atoms with Crippen LogP contribution in [0.3, 0.4) is 0 Å². The molecule has 2 amide bonds. The van der Waals surface area contributed by atoms with Crippen molar-refractivity contribution < 1.29 is 9.90 Å². The second-order valence-electron chi connectivity index (χ2n) is 6.64. The first-order valence-corrected chi connectivity index (χ1v) is 7.64. The first-order valence-electron chi connectivity index (χ1n) is 7.64. The molecule has 2 rings (SSSR count). The molecule has 116 valence electrons. The fourth-order valence-corrected chi connectivity index (χ4v) is 3.00. The van der Waals surface area contributed by atoms with Crippen molar-refractivity contribution in [3.8, 4) is 0 Å². The van der Waals surface area contributed by atoms with Gasteiger partial charge in [-0.15, -0.1) is 0 Å². The first-order chi connectivity index (χ1) is 9.94. The van der Waals surface area contributed by atoms with Crippen LogP contribution in [0.1, 0.15) is 31.4 Å². The Bertz CT molecular complexity index is 499. The molecular weight excluding hydrogens is 264 g/mol. The number of likely N-dealkylation sites (tertiary alicyclic amines) is 1. The van der Waals surface area contributed by atoms with Gasteiger partial charge in [0.05, 0.1) is 0 Å². The lowest BCUT2D eigenvalue weighted by Crippen LogP contribution is -2.44. The highest BCUT2D eigenvalue weighted by molar-refractivity contribution is 5.74. The lowest BCUT2D eigenvalue weighted by atomic mass is 9.82. The van der Waals surface area contributed by atoms with Crippen LogP contribution in [0, 0.1) is 12.8 Å². The van der Waals surface area contributed by atoms with E-state index in [1.807, 2.05) is 12.1 Å². The van der Waals surface area contributed by atoms with Gasteiger partial charge < -0.3 is 15.3 Å². The van der Waals surface area contributed by atoms with Gasteiger partial charge in [0.2, 0.25) is 0 Å². The van der Waals surface area contributed by atoms with E-state index in [1.165, 1.54) is 11.1 Å². The van der Waals surface area contributed by atoms with Gasteiger partial charge in [0.1, 0.15) is 0 Å². The molecule has 1 heterocycles. The maximum absolute atomic E-state index is 12.2. The van der Waals surface area contributed by atoms with Crippen molar-refractivity contribution >= 4 is 6.03 Å². The number of rotatable bonds is 4. The van der Waals surface area contributed by atoms with Crippen LogP contribution in [-0.2, 0) is 5.41 Å². The van der Waals surface area contributed by atoms with E-state index >= 15 is 0 Å². The number of carbonyl (C=O) groups excluding carboxylic acids is 1. The molecule has 0 radical (unpaired) electrons. The molecule has 4 heteroatoms. The van der Waals surface area contributed by atoms with E-state index < -0.39 is 0 Å².